The van der Waals surface area contributed by atoms with Crippen LogP contribution in [-0.2, 0) is 9.84 Å². The Balaban J connectivity index is 2.76. The molecule has 1 rings (SSSR count). The third-order valence-corrected chi connectivity index (χ3v) is 3.89. The topological polar surface area (TPSA) is 49.4 Å². The molecule has 1 aromatic carbocycles. The Kier molecular flexibility index (Phi) is 5.97. The quantitative estimate of drug-likeness (QED) is 0.820. The summed E-state index contributed by atoms with van der Waals surface area (Å²) >= 11 is 0. The first kappa shape index (κ1) is 16.1. The van der Waals surface area contributed by atoms with Gasteiger partial charge in [0.15, 0.2) is 0 Å². The SMILES string of the molecule is CC(CS(C)(=O)=O)NC(CN(C)C)c1ccccc1. The first-order valence-electron chi connectivity index (χ1n) is 6.41. The average molecular weight is 284 g/mol. The summed E-state index contributed by atoms with van der Waals surface area (Å²) in [5.74, 6) is 0.157. The van der Waals surface area contributed by atoms with Crippen molar-refractivity contribution in [1.29, 1.82) is 0 Å². The molecule has 0 aliphatic carbocycles. The molecule has 2 atom stereocenters. The molecule has 0 saturated heterocycles. The van der Waals surface area contributed by atoms with Gasteiger partial charge in [-0.3, -0.25) is 0 Å². The number of benzene rings is 1. The van der Waals surface area contributed by atoms with E-state index in [2.05, 4.69) is 22.3 Å². The Labute approximate surface area is 116 Å². The molecule has 0 aliphatic rings. The maximum atomic E-state index is 11.3. The molecule has 19 heavy (non-hydrogen) atoms. The third kappa shape index (κ3) is 6.71. The second-order valence-corrected chi connectivity index (χ2v) is 7.57. The van der Waals surface area contributed by atoms with Gasteiger partial charge in [0.2, 0.25) is 0 Å². The van der Waals surface area contributed by atoms with Crippen molar-refractivity contribution in [2.24, 2.45) is 0 Å². The second kappa shape index (κ2) is 7.03. The van der Waals surface area contributed by atoms with Crippen molar-refractivity contribution < 1.29 is 8.42 Å². The fraction of sp³-hybridized carbons (Fsp3) is 0.571. The van der Waals surface area contributed by atoms with E-state index in [1.165, 1.54) is 11.8 Å². The number of nitrogens with zero attached hydrogens (tertiary/aromatic N) is 1. The molecule has 0 saturated carbocycles. The fourth-order valence-corrected chi connectivity index (χ4v) is 3.15. The number of hydrogen-bond donors (Lipinski definition) is 1. The van der Waals surface area contributed by atoms with Gasteiger partial charge in [0.25, 0.3) is 0 Å². The van der Waals surface area contributed by atoms with E-state index in [9.17, 15) is 8.42 Å². The smallest absolute Gasteiger partial charge is 0.148 e. The van der Waals surface area contributed by atoms with E-state index < -0.39 is 9.84 Å². The number of rotatable bonds is 7. The molecule has 0 heterocycles. The lowest BCUT2D eigenvalue weighted by molar-refractivity contribution is 0.329. The Morgan fingerprint density at radius 2 is 1.79 bits per heavy atom. The average Bonchev–Trinajstić information content (AvgIpc) is 2.26. The molecule has 0 aliphatic heterocycles. The zero-order valence-electron chi connectivity index (χ0n) is 12.1. The van der Waals surface area contributed by atoms with Crippen molar-refractivity contribution in [3.63, 3.8) is 0 Å². The molecule has 0 amide bonds. The maximum absolute atomic E-state index is 11.3. The normalized spacial score (nSPS) is 15.4. The van der Waals surface area contributed by atoms with Crippen molar-refractivity contribution in [2.75, 3.05) is 32.6 Å². The predicted octanol–water partition coefficient (Wildman–Crippen LogP) is 1.31. The van der Waals surface area contributed by atoms with Crippen LogP contribution >= 0.6 is 0 Å². The molecule has 1 N–H and O–H groups in total. The number of hydrogen-bond acceptors (Lipinski definition) is 4. The van der Waals surface area contributed by atoms with Gasteiger partial charge >= 0.3 is 0 Å². The standard InChI is InChI=1S/C14H24N2O2S/c1-12(11-19(4,17)18)15-14(10-16(2)3)13-8-6-5-7-9-13/h5-9,12,14-15H,10-11H2,1-4H3. The van der Waals surface area contributed by atoms with Crippen LogP contribution in [0.5, 0.6) is 0 Å². The molecule has 1 aromatic rings. The van der Waals surface area contributed by atoms with Crippen molar-refractivity contribution >= 4 is 9.84 Å². The van der Waals surface area contributed by atoms with Gasteiger partial charge in [-0.1, -0.05) is 30.3 Å². The molecule has 108 valence electrons. The fourth-order valence-electron chi connectivity index (χ4n) is 2.15. The number of likely N-dealkylation sites (N-methyl/N-ethyl adjacent to an activating group) is 1. The number of nitrogens with one attached hydrogen (secondary N) is 1. The van der Waals surface area contributed by atoms with Crippen LogP contribution in [-0.4, -0.2) is 52.0 Å². The number of sulfone groups is 1. The van der Waals surface area contributed by atoms with E-state index in [4.69, 9.17) is 0 Å². The minimum atomic E-state index is -2.96. The second-order valence-electron chi connectivity index (χ2n) is 5.39. The van der Waals surface area contributed by atoms with E-state index in [-0.39, 0.29) is 17.8 Å². The molecule has 0 spiro atoms. The molecular formula is C14H24N2O2S. The van der Waals surface area contributed by atoms with Crippen LogP contribution in [0.1, 0.15) is 18.5 Å². The molecule has 4 nitrogen and oxygen atoms in total. The van der Waals surface area contributed by atoms with Gasteiger partial charge in [-0.15, -0.1) is 0 Å². The van der Waals surface area contributed by atoms with E-state index in [1.54, 1.807) is 0 Å². The summed E-state index contributed by atoms with van der Waals surface area (Å²) in [6.07, 6.45) is 1.27. The Bertz CT molecular complexity index is 471. The molecule has 0 aromatic heterocycles. The summed E-state index contributed by atoms with van der Waals surface area (Å²) in [6, 6.07) is 10.2. The molecule has 0 bridgehead atoms. The summed E-state index contributed by atoms with van der Waals surface area (Å²) in [5.41, 5.74) is 1.18. The van der Waals surface area contributed by atoms with Crippen LogP contribution in [0.3, 0.4) is 0 Å². The van der Waals surface area contributed by atoms with Gasteiger partial charge in [0, 0.05) is 24.9 Å². The first-order valence-corrected chi connectivity index (χ1v) is 8.47. The summed E-state index contributed by atoms with van der Waals surface area (Å²) in [7, 11) is 1.07. The van der Waals surface area contributed by atoms with Crippen LogP contribution < -0.4 is 5.32 Å². The Morgan fingerprint density at radius 1 is 1.21 bits per heavy atom. The van der Waals surface area contributed by atoms with Gasteiger partial charge in [-0.2, -0.15) is 0 Å². The largest absolute Gasteiger partial charge is 0.308 e. The monoisotopic (exact) mass is 284 g/mol. The Hall–Kier alpha value is -0.910. The Morgan fingerprint density at radius 3 is 2.26 bits per heavy atom. The lowest BCUT2D eigenvalue weighted by Crippen LogP contribution is -2.39. The van der Waals surface area contributed by atoms with Crippen LogP contribution in [0.25, 0.3) is 0 Å². The lowest BCUT2D eigenvalue weighted by atomic mass is 10.1. The third-order valence-electron chi connectivity index (χ3n) is 2.79. The van der Waals surface area contributed by atoms with Crippen LogP contribution in [0, 0.1) is 0 Å². The minimum absolute atomic E-state index is 0.0693. The molecule has 0 fully saturated rings. The van der Waals surface area contributed by atoms with E-state index in [0.29, 0.717) is 0 Å². The molecule has 5 heteroatoms. The predicted molar refractivity (Wildman–Crippen MR) is 80.0 cm³/mol. The first-order chi connectivity index (χ1) is 8.78. The van der Waals surface area contributed by atoms with Crippen molar-refractivity contribution in [1.82, 2.24) is 10.2 Å². The highest BCUT2D eigenvalue weighted by Crippen LogP contribution is 2.14. The van der Waals surface area contributed by atoms with Crippen molar-refractivity contribution in [3.8, 4) is 0 Å². The van der Waals surface area contributed by atoms with Gasteiger partial charge < -0.3 is 10.2 Å². The molecule has 2 unspecified atom stereocenters. The van der Waals surface area contributed by atoms with Crippen molar-refractivity contribution in [2.45, 2.75) is 19.0 Å². The highest BCUT2D eigenvalue weighted by molar-refractivity contribution is 7.90. The van der Waals surface area contributed by atoms with Crippen LogP contribution in [0.4, 0.5) is 0 Å². The van der Waals surface area contributed by atoms with E-state index >= 15 is 0 Å². The van der Waals surface area contributed by atoms with E-state index in [0.717, 1.165) is 6.54 Å². The summed E-state index contributed by atoms with van der Waals surface area (Å²) in [5, 5.41) is 3.40. The van der Waals surface area contributed by atoms with Gasteiger partial charge in [0.1, 0.15) is 9.84 Å². The van der Waals surface area contributed by atoms with E-state index in [1.807, 2.05) is 39.2 Å². The van der Waals surface area contributed by atoms with Gasteiger partial charge in [-0.05, 0) is 26.6 Å². The molecule has 0 radical (unpaired) electrons. The summed E-state index contributed by atoms with van der Waals surface area (Å²) < 4.78 is 22.7. The van der Waals surface area contributed by atoms with Gasteiger partial charge in [0.05, 0.1) is 5.75 Å². The summed E-state index contributed by atoms with van der Waals surface area (Å²) in [4.78, 5) is 2.10. The maximum Gasteiger partial charge on any atom is 0.148 e. The van der Waals surface area contributed by atoms with Gasteiger partial charge in [-0.25, -0.2) is 8.42 Å². The highest BCUT2D eigenvalue weighted by atomic mass is 32.2. The lowest BCUT2D eigenvalue weighted by Gasteiger charge is -2.26. The molecular weight excluding hydrogens is 260 g/mol. The zero-order chi connectivity index (χ0) is 14.5. The van der Waals surface area contributed by atoms with Crippen LogP contribution in [0.15, 0.2) is 30.3 Å². The zero-order valence-corrected chi connectivity index (χ0v) is 12.9. The highest BCUT2D eigenvalue weighted by Gasteiger charge is 2.17. The van der Waals surface area contributed by atoms with Crippen LogP contribution in [0.2, 0.25) is 0 Å². The minimum Gasteiger partial charge on any atom is -0.308 e. The van der Waals surface area contributed by atoms with Crippen molar-refractivity contribution in [3.05, 3.63) is 35.9 Å². The summed E-state index contributed by atoms with van der Waals surface area (Å²) in [6.45, 7) is 2.74.